The van der Waals surface area contributed by atoms with Crippen molar-refractivity contribution in [2.45, 2.75) is 110 Å². The van der Waals surface area contributed by atoms with Crippen LogP contribution < -0.4 is 0 Å². The largest absolute Gasteiger partial charge is 0.303 e. The Balaban J connectivity index is 3.77. The molecule has 0 fully saturated rings. The van der Waals surface area contributed by atoms with Crippen LogP contribution in [0, 0.1) is 0 Å². The molecule has 0 atom stereocenters. The normalized spacial score (nSPS) is 12.2. The predicted octanol–water partition coefficient (Wildman–Crippen LogP) is 7.56. The van der Waals surface area contributed by atoms with Crippen molar-refractivity contribution in [1.29, 1.82) is 0 Å². The number of rotatable bonds is 17. The van der Waals surface area contributed by atoms with Gasteiger partial charge in [-0.05, 0) is 32.1 Å². The van der Waals surface area contributed by atoms with Gasteiger partial charge < -0.3 is 4.79 Å². The third kappa shape index (κ3) is 17.3. The number of hydrogen-bond donors (Lipinski definition) is 0. The van der Waals surface area contributed by atoms with Crippen LogP contribution in [0.4, 0.5) is 0 Å². The lowest BCUT2D eigenvalue weighted by Gasteiger charge is -2.02. The van der Waals surface area contributed by atoms with Crippen LogP contribution in [0.2, 0.25) is 0 Å². The van der Waals surface area contributed by atoms with E-state index >= 15 is 0 Å². The fraction of sp³-hybridized carbons (Fsp3) is 0.773. The summed E-state index contributed by atoms with van der Waals surface area (Å²) < 4.78 is 0. The van der Waals surface area contributed by atoms with E-state index < -0.39 is 0 Å². The molecule has 134 valence electrons. The van der Waals surface area contributed by atoms with Gasteiger partial charge in [0.05, 0.1) is 0 Å². The van der Waals surface area contributed by atoms with E-state index in [0.29, 0.717) is 6.42 Å². The second kappa shape index (κ2) is 19.2. The molecule has 0 aliphatic heterocycles. The van der Waals surface area contributed by atoms with Crippen LogP contribution in [-0.4, -0.2) is 6.29 Å². The summed E-state index contributed by atoms with van der Waals surface area (Å²) in [7, 11) is 0. The molecule has 1 nitrogen and oxygen atoms in total. The van der Waals surface area contributed by atoms with E-state index in [1.165, 1.54) is 82.6 Å². The fourth-order valence-corrected chi connectivity index (χ4v) is 2.77. The molecule has 0 radical (unpaired) electrons. The zero-order chi connectivity index (χ0) is 17.0. The Labute approximate surface area is 145 Å². The molecule has 0 saturated carbocycles. The maximum Gasteiger partial charge on any atom is 0.120 e. The summed E-state index contributed by atoms with van der Waals surface area (Å²) in [5.41, 5.74) is 1.43. The molecule has 23 heavy (non-hydrogen) atoms. The molecule has 0 aromatic heterocycles. The molecule has 0 aliphatic carbocycles. The summed E-state index contributed by atoms with van der Waals surface area (Å²) in [5, 5.41) is 0. The van der Waals surface area contributed by atoms with E-state index in [2.05, 4.69) is 32.1 Å². The highest BCUT2D eigenvalue weighted by molar-refractivity contribution is 5.49. The van der Waals surface area contributed by atoms with Crippen LogP contribution in [0.15, 0.2) is 23.8 Å². The van der Waals surface area contributed by atoms with Gasteiger partial charge in [-0.15, -0.1) is 0 Å². The molecule has 0 amide bonds. The summed E-state index contributed by atoms with van der Waals surface area (Å²) in [4.78, 5) is 10.5. The average Bonchev–Trinajstić information content (AvgIpc) is 2.56. The standard InChI is InChI=1S/C22H40O/c1-3-5-7-8-9-10-11-12-13-15-19-22(18-14-6-4-2)20-16-17-21-23/h15,18-19,21H,3-14,16-17,20H2,1-2H3. The molecular formula is C22H40O. The minimum atomic E-state index is 0.691. The maximum atomic E-state index is 10.5. The predicted molar refractivity (Wildman–Crippen MR) is 104 cm³/mol. The van der Waals surface area contributed by atoms with Crippen LogP contribution in [0.25, 0.3) is 0 Å². The number of hydrogen-bond acceptors (Lipinski definition) is 1. The highest BCUT2D eigenvalue weighted by Crippen LogP contribution is 2.13. The van der Waals surface area contributed by atoms with Crippen molar-refractivity contribution in [2.24, 2.45) is 0 Å². The van der Waals surface area contributed by atoms with E-state index in [4.69, 9.17) is 0 Å². The van der Waals surface area contributed by atoms with E-state index in [0.717, 1.165) is 19.1 Å². The molecule has 0 aromatic rings. The summed E-state index contributed by atoms with van der Waals surface area (Å²) >= 11 is 0. The van der Waals surface area contributed by atoms with Crippen molar-refractivity contribution in [3.05, 3.63) is 23.8 Å². The number of unbranched alkanes of at least 4 members (excludes halogenated alkanes) is 11. The monoisotopic (exact) mass is 320 g/mol. The number of carbonyl (C=O) groups is 1. The van der Waals surface area contributed by atoms with Crippen molar-refractivity contribution >= 4 is 6.29 Å². The molecule has 0 rings (SSSR count). The smallest absolute Gasteiger partial charge is 0.120 e. The first kappa shape index (κ1) is 22.1. The van der Waals surface area contributed by atoms with Crippen molar-refractivity contribution in [1.82, 2.24) is 0 Å². The lowest BCUT2D eigenvalue weighted by molar-refractivity contribution is -0.107. The Bertz CT molecular complexity index is 301. The van der Waals surface area contributed by atoms with Crippen LogP contribution >= 0.6 is 0 Å². The number of carbonyl (C=O) groups excluding carboxylic acids is 1. The van der Waals surface area contributed by atoms with Crippen molar-refractivity contribution in [3.8, 4) is 0 Å². The van der Waals surface area contributed by atoms with E-state index in [-0.39, 0.29) is 0 Å². The van der Waals surface area contributed by atoms with Gasteiger partial charge in [-0.25, -0.2) is 0 Å². The first-order valence-electron chi connectivity index (χ1n) is 10.1. The Kier molecular flexibility index (Phi) is 18.5. The summed E-state index contributed by atoms with van der Waals surface area (Å²) in [5.74, 6) is 0. The number of allylic oxidation sites excluding steroid dienone is 4. The van der Waals surface area contributed by atoms with Crippen molar-refractivity contribution < 1.29 is 4.79 Å². The van der Waals surface area contributed by atoms with Crippen molar-refractivity contribution in [2.75, 3.05) is 0 Å². The quantitative estimate of drug-likeness (QED) is 0.153. The third-order valence-corrected chi connectivity index (χ3v) is 4.31. The highest BCUT2D eigenvalue weighted by atomic mass is 16.1. The van der Waals surface area contributed by atoms with Gasteiger partial charge in [0.25, 0.3) is 0 Å². The van der Waals surface area contributed by atoms with E-state index in [1.807, 2.05) is 0 Å². The lowest BCUT2D eigenvalue weighted by atomic mass is 10.0. The zero-order valence-electron chi connectivity index (χ0n) is 15.8. The van der Waals surface area contributed by atoms with Crippen LogP contribution in [0.3, 0.4) is 0 Å². The average molecular weight is 321 g/mol. The lowest BCUT2D eigenvalue weighted by Crippen LogP contribution is -1.84. The third-order valence-electron chi connectivity index (χ3n) is 4.31. The topological polar surface area (TPSA) is 17.1 Å². The molecule has 0 spiro atoms. The molecule has 0 aliphatic rings. The molecule has 0 saturated heterocycles. The van der Waals surface area contributed by atoms with Gasteiger partial charge in [-0.3, -0.25) is 0 Å². The zero-order valence-corrected chi connectivity index (χ0v) is 15.8. The van der Waals surface area contributed by atoms with Gasteiger partial charge in [0.1, 0.15) is 6.29 Å². The Morgan fingerprint density at radius 1 is 0.696 bits per heavy atom. The van der Waals surface area contributed by atoms with Gasteiger partial charge in [-0.1, -0.05) is 95.4 Å². The van der Waals surface area contributed by atoms with Crippen LogP contribution in [0.5, 0.6) is 0 Å². The molecule has 0 aromatic carbocycles. The minimum Gasteiger partial charge on any atom is -0.303 e. The van der Waals surface area contributed by atoms with Gasteiger partial charge in [-0.2, -0.15) is 0 Å². The molecule has 1 heteroatoms. The highest BCUT2D eigenvalue weighted by Gasteiger charge is 1.94. The summed E-state index contributed by atoms with van der Waals surface area (Å²) in [6.45, 7) is 4.51. The first-order chi connectivity index (χ1) is 11.3. The molecule has 0 heterocycles. The van der Waals surface area contributed by atoms with Crippen LogP contribution in [0.1, 0.15) is 110 Å². The second-order valence-electron chi connectivity index (χ2n) is 6.65. The molecular weight excluding hydrogens is 280 g/mol. The first-order valence-corrected chi connectivity index (χ1v) is 10.1. The molecule has 0 N–H and O–H groups in total. The SMILES string of the molecule is CCCCC=C(C=CCCCCCCCCCC)CCCC=O. The number of aldehydes is 1. The van der Waals surface area contributed by atoms with Gasteiger partial charge in [0.2, 0.25) is 0 Å². The van der Waals surface area contributed by atoms with Gasteiger partial charge in [0.15, 0.2) is 0 Å². The van der Waals surface area contributed by atoms with Crippen LogP contribution in [-0.2, 0) is 4.79 Å². The Morgan fingerprint density at radius 2 is 1.35 bits per heavy atom. The minimum absolute atomic E-state index is 0.691. The Hall–Kier alpha value is -0.850. The van der Waals surface area contributed by atoms with E-state index in [1.54, 1.807) is 0 Å². The maximum absolute atomic E-state index is 10.5. The fourth-order valence-electron chi connectivity index (χ4n) is 2.77. The van der Waals surface area contributed by atoms with Gasteiger partial charge in [0, 0.05) is 6.42 Å². The molecule has 0 bridgehead atoms. The summed E-state index contributed by atoms with van der Waals surface area (Å²) in [6, 6.07) is 0. The van der Waals surface area contributed by atoms with E-state index in [9.17, 15) is 4.79 Å². The van der Waals surface area contributed by atoms with Crippen molar-refractivity contribution in [3.63, 3.8) is 0 Å². The summed E-state index contributed by atoms with van der Waals surface area (Å²) in [6.07, 6.45) is 26.8. The van der Waals surface area contributed by atoms with Gasteiger partial charge >= 0.3 is 0 Å². The second-order valence-corrected chi connectivity index (χ2v) is 6.65. The Morgan fingerprint density at radius 3 is 2.00 bits per heavy atom. The molecule has 0 unspecified atom stereocenters.